The monoisotopic (exact) mass is 308 g/mol. The maximum atomic E-state index is 13.7. The van der Waals surface area contributed by atoms with Crippen molar-refractivity contribution >= 4 is 5.82 Å². The molecule has 0 aliphatic carbocycles. The van der Waals surface area contributed by atoms with Crippen molar-refractivity contribution in [1.82, 2.24) is 4.98 Å². The van der Waals surface area contributed by atoms with E-state index in [1.165, 1.54) is 12.1 Å². The minimum absolute atomic E-state index is 0.0460. The second-order valence-electron chi connectivity index (χ2n) is 5.36. The van der Waals surface area contributed by atoms with Crippen LogP contribution in [0.2, 0.25) is 0 Å². The third-order valence-electron chi connectivity index (χ3n) is 3.86. The summed E-state index contributed by atoms with van der Waals surface area (Å²) in [7, 11) is 0. The lowest BCUT2D eigenvalue weighted by Gasteiger charge is -2.27. The van der Waals surface area contributed by atoms with Crippen LogP contribution in [-0.4, -0.2) is 17.7 Å². The van der Waals surface area contributed by atoms with E-state index in [2.05, 4.69) is 10.3 Å². The van der Waals surface area contributed by atoms with Crippen LogP contribution in [0.1, 0.15) is 29.0 Å². The van der Waals surface area contributed by atoms with E-state index < -0.39 is 17.7 Å². The van der Waals surface area contributed by atoms with Gasteiger partial charge in [0.05, 0.1) is 0 Å². The van der Waals surface area contributed by atoms with Gasteiger partial charge in [-0.25, -0.2) is 0 Å². The van der Waals surface area contributed by atoms with Crippen LogP contribution in [0.15, 0.2) is 41.2 Å². The van der Waals surface area contributed by atoms with Crippen LogP contribution in [0.3, 0.4) is 0 Å². The molecule has 2 aromatic rings. The SMILES string of the molecule is O=c1cc(C(c2ccccc2)C(F)(F)F)c2c([nH]1)NCCC2. The van der Waals surface area contributed by atoms with Gasteiger partial charge in [0.1, 0.15) is 11.7 Å². The highest BCUT2D eigenvalue weighted by molar-refractivity contribution is 5.53. The summed E-state index contributed by atoms with van der Waals surface area (Å²) in [5.41, 5.74) is 0.225. The van der Waals surface area contributed by atoms with Crippen LogP contribution in [0, 0.1) is 0 Å². The molecule has 22 heavy (non-hydrogen) atoms. The minimum Gasteiger partial charge on any atom is -0.371 e. The Morgan fingerprint density at radius 1 is 1.14 bits per heavy atom. The predicted molar refractivity (Wildman–Crippen MR) is 78.2 cm³/mol. The number of aromatic nitrogens is 1. The lowest BCUT2D eigenvalue weighted by atomic mass is 9.86. The summed E-state index contributed by atoms with van der Waals surface area (Å²) in [6.07, 6.45) is -3.19. The summed E-state index contributed by atoms with van der Waals surface area (Å²) in [6, 6.07) is 8.80. The van der Waals surface area contributed by atoms with E-state index in [1.54, 1.807) is 18.2 Å². The average molecular weight is 308 g/mol. The van der Waals surface area contributed by atoms with Gasteiger partial charge in [0.25, 0.3) is 0 Å². The Hall–Kier alpha value is -2.24. The number of benzene rings is 1. The number of hydrogen-bond donors (Lipinski definition) is 2. The zero-order chi connectivity index (χ0) is 15.7. The number of rotatable bonds is 2. The molecule has 3 rings (SSSR count). The smallest absolute Gasteiger partial charge is 0.371 e. The van der Waals surface area contributed by atoms with Crippen molar-refractivity contribution in [3.8, 4) is 0 Å². The van der Waals surface area contributed by atoms with E-state index in [0.717, 1.165) is 12.5 Å². The van der Waals surface area contributed by atoms with Gasteiger partial charge in [-0.2, -0.15) is 13.2 Å². The first-order valence-corrected chi connectivity index (χ1v) is 7.08. The van der Waals surface area contributed by atoms with Crippen molar-refractivity contribution in [3.63, 3.8) is 0 Å². The molecule has 6 heteroatoms. The molecule has 116 valence electrons. The van der Waals surface area contributed by atoms with E-state index in [0.29, 0.717) is 24.3 Å². The molecule has 2 heterocycles. The molecule has 0 fully saturated rings. The molecule has 1 aromatic carbocycles. The Kier molecular flexibility index (Phi) is 3.68. The lowest BCUT2D eigenvalue weighted by molar-refractivity contribution is -0.141. The van der Waals surface area contributed by atoms with Crippen molar-refractivity contribution in [3.05, 3.63) is 63.4 Å². The highest BCUT2D eigenvalue weighted by Gasteiger charge is 2.43. The third-order valence-corrected chi connectivity index (χ3v) is 3.86. The number of pyridine rings is 1. The molecule has 0 radical (unpaired) electrons. The summed E-state index contributed by atoms with van der Waals surface area (Å²) >= 11 is 0. The zero-order valence-corrected chi connectivity index (χ0v) is 11.7. The fourth-order valence-corrected chi connectivity index (χ4v) is 2.95. The van der Waals surface area contributed by atoms with Crippen molar-refractivity contribution in [2.75, 3.05) is 11.9 Å². The Balaban J connectivity index is 2.21. The van der Waals surface area contributed by atoms with Gasteiger partial charge in [0.2, 0.25) is 5.56 Å². The molecule has 0 saturated heterocycles. The highest BCUT2D eigenvalue weighted by Crippen LogP contribution is 2.42. The number of hydrogen-bond acceptors (Lipinski definition) is 2. The third kappa shape index (κ3) is 2.73. The second kappa shape index (κ2) is 5.51. The fourth-order valence-electron chi connectivity index (χ4n) is 2.95. The Bertz CT molecular complexity index is 722. The second-order valence-corrected chi connectivity index (χ2v) is 5.36. The van der Waals surface area contributed by atoms with Crippen LogP contribution in [0.5, 0.6) is 0 Å². The van der Waals surface area contributed by atoms with E-state index in [-0.39, 0.29) is 11.1 Å². The van der Waals surface area contributed by atoms with Crippen molar-refractivity contribution in [2.45, 2.75) is 24.9 Å². The van der Waals surface area contributed by atoms with Crippen LogP contribution in [0.25, 0.3) is 0 Å². The first-order chi connectivity index (χ1) is 10.5. The predicted octanol–water partition coefficient (Wildman–Crippen LogP) is 3.43. The molecule has 1 atom stereocenters. The Morgan fingerprint density at radius 3 is 2.55 bits per heavy atom. The molecule has 1 aliphatic heterocycles. The van der Waals surface area contributed by atoms with Crippen molar-refractivity contribution < 1.29 is 13.2 Å². The number of alkyl halides is 3. The summed E-state index contributed by atoms with van der Waals surface area (Å²) < 4.78 is 41.0. The van der Waals surface area contributed by atoms with Gasteiger partial charge in [-0.1, -0.05) is 30.3 Å². The van der Waals surface area contributed by atoms with Crippen LogP contribution in [-0.2, 0) is 6.42 Å². The number of aromatic amines is 1. The number of anilines is 1. The first-order valence-electron chi connectivity index (χ1n) is 7.08. The molecule has 0 amide bonds. The lowest BCUT2D eigenvalue weighted by Crippen LogP contribution is -2.28. The number of nitrogens with one attached hydrogen (secondary N) is 2. The van der Waals surface area contributed by atoms with Gasteiger partial charge < -0.3 is 10.3 Å². The van der Waals surface area contributed by atoms with Gasteiger partial charge in [-0.3, -0.25) is 4.79 Å². The zero-order valence-electron chi connectivity index (χ0n) is 11.7. The standard InChI is InChI=1S/C16H15F3N2O/c17-16(18,19)14(10-5-2-1-3-6-10)12-9-13(22)21-15-11(12)7-4-8-20-15/h1-3,5-6,9,14H,4,7-8H2,(H2,20,21,22). The Labute approximate surface area is 125 Å². The van der Waals surface area contributed by atoms with Gasteiger partial charge in [-0.05, 0) is 29.5 Å². The van der Waals surface area contributed by atoms with Crippen LogP contribution in [0.4, 0.5) is 19.0 Å². The van der Waals surface area contributed by atoms with Crippen LogP contribution >= 0.6 is 0 Å². The maximum Gasteiger partial charge on any atom is 0.399 e. The molecule has 3 nitrogen and oxygen atoms in total. The number of halogens is 3. The van der Waals surface area contributed by atoms with E-state index in [9.17, 15) is 18.0 Å². The summed E-state index contributed by atoms with van der Waals surface area (Å²) in [4.78, 5) is 14.4. The molecular weight excluding hydrogens is 293 g/mol. The molecule has 0 bridgehead atoms. The van der Waals surface area contributed by atoms with Gasteiger partial charge in [-0.15, -0.1) is 0 Å². The van der Waals surface area contributed by atoms with Gasteiger partial charge >= 0.3 is 6.18 Å². The summed E-state index contributed by atoms with van der Waals surface area (Å²) in [6.45, 7) is 0.647. The molecule has 0 spiro atoms. The molecule has 1 unspecified atom stereocenters. The molecule has 1 aromatic heterocycles. The van der Waals surface area contributed by atoms with Gasteiger partial charge in [0, 0.05) is 12.6 Å². The van der Waals surface area contributed by atoms with Crippen molar-refractivity contribution in [2.24, 2.45) is 0 Å². The Morgan fingerprint density at radius 2 is 1.86 bits per heavy atom. The van der Waals surface area contributed by atoms with Crippen molar-refractivity contribution in [1.29, 1.82) is 0 Å². The molecule has 0 saturated carbocycles. The minimum atomic E-state index is -4.46. The summed E-state index contributed by atoms with van der Waals surface area (Å²) in [5, 5.41) is 2.98. The average Bonchev–Trinajstić information content (AvgIpc) is 2.47. The maximum absolute atomic E-state index is 13.7. The normalized spacial score (nSPS) is 15.8. The topological polar surface area (TPSA) is 44.9 Å². The molecular formula is C16H15F3N2O. The fraction of sp³-hybridized carbons (Fsp3) is 0.312. The van der Waals surface area contributed by atoms with Gasteiger partial charge in [0.15, 0.2) is 0 Å². The number of H-pyrrole nitrogens is 1. The molecule has 2 N–H and O–H groups in total. The first kappa shape index (κ1) is 14.7. The highest BCUT2D eigenvalue weighted by atomic mass is 19.4. The summed E-state index contributed by atoms with van der Waals surface area (Å²) in [5.74, 6) is -1.37. The largest absolute Gasteiger partial charge is 0.399 e. The van der Waals surface area contributed by atoms with E-state index >= 15 is 0 Å². The van der Waals surface area contributed by atoms with Crippen LogP contribution < -0.4 is 10.9 Å². The van der Waals surface area contributed by atoms with E-state index in [1.807, 2.05) is 0 Å². The quantitative estimate of drug-likeness (QED) is 0.893. The molecule has 1 aliphatic rings. The number of fused-ring (bicyclic) bond motifs is 1. The van der Waals surface area contributed by atoms with E-state index in [4.69, 9.17) is 0 Å².